The largest absolute Gasteiger partial charge is 0.443 e. The predicted molar refractivity (Wildman–Crippen MR) is 7.55 cm³/mol. The van der Waals surface area contributed by atoms with Gasteiger partial charge in [-0.2, -0.15) is 5.26 Å². The minimum absolute atomic E-state index is 0. The van der Waals surface area contributed by atoms with Crippen LogP contribution in [0.5, 0.6) is 0 Å². The van der Waals surface area contributed by atoms with Gasteiger partial charge in [0.25, 0.3) is 6.26 Å². The second-order valence-corrected chi connectivity index (χ2v) is 0.100. The van der Waals surface area contributed by atoms with Crippen LogP contribution in [0.3, 0.4) is 0 Å². The van der Waals surface area contributed by atoms with Gasteiger partial charge in [-0.1, -0.05) is 0 Å². The third-order valence-electron chi connectivity index (χ3n) is 0. The van der Waals surface area contributed by atoms with Crippen LogP contribution in [0, 0.1) is 11.5 Å². The van der Waals surface area contributed by atoms with E-state index < -0.39 is 0 Å². The molecule has 1 N–H and O–H groups in total. The topological polar surface area (TPSA) is 44.0 Å². The van der Waals surface area contributed by atoms with Crippen molar-refractivity contribution < 1.29 is 27.5 Å². The Kier molecular flexibility index (Phi) is 26.4. The van der Waals surface area contributed by atoms with Crippen LogP contribution in [0.4, 0.5) is 0 Å². The van der Waals surface area contributed by atoms with Crippen molar-refractivity contribution in [2.75, 3.05) is 0 Å². The Morgan fingerprint density at radius 2 is 1.75 bits per heavy atom. The second-order valence-electron chi connectivity index (χ2n) is 0.100. The quantitative estimate of drug-likeness (QED) is 0.386. The predicted octanol–water partition coefficient (Wildman–Crippen LogP) is -0.163. The Hall–Kier alpha value is 0.0303. The molecule has 0 aromatic heterocycles. The molecule has 4 heavy (non-hydrogen) atoms. The van der Waals surface area contributed by atoms with E-state index in [1.54, 1.807) is 0 Å². The number of hydrogen-bond acceptors (Lipinski definition) is 2. The molecule has 0 unspecified atom stereocenters. The molecule has 3 heteroatoms. The van der Waals surface area contributed by atoms with Crippen LogP contribution in [0.2, 0.25) is 0 Å². The first-order valence-electron chi connectivity index (χ1n) is 0.447. The molecule has 0 rings (SSSR count). The Bertz CT molecular complexity index is 29.5. The molecule has 0 aliphatic carbocycles. The van der Waals surface area contributed by atoms with Gasteiger partial charge < -0.3 is 5.11 Å². The van der Waals surface area contributed by atoms with E-state index in [4.69, 9.17) is 10.4 Å². The summed E-state index contributed by atoms with van der Waals surface area (Å²) in [5.41, 5.74) is 0. The Labute approximate surface area is 39.6 Å². The maximum absolute atomic E-state index is 6.88. The van der Waals surface area contributed by atoms with E-state index >= 15 is 0 Å². The van der Waals surface area contributed by atoms with Crippen LogP contribution in [0.15, 0.2) is 0 Å². The smallest absolute Gasteiger partial charge is 0.283 e. The van der Waals surface area contributed by atoms with Gasteiger partial charge in [0.15, 0.2) is 0 Å². The molecular formula is CHAgNO. The summed E-state index contributed by atoms with van der Waals surface area (Å²) in [5.74, 6) is 0. The molecule has 0 aromatic carbocycles. The van der Waals surface area contributed by atoms with Crippen molar-refractivity contribution in [1.29, 1.82) is 5.26 Å². The average Bonchev–Trinajstić information content (AvgIpc) is 0.918. The summed E-state index contributed by atoms with van der Waals surface area (Å²) in [6, 6.07) is 0. The summed E-state index contributed by atoms with van der Waals surface area (Å²) >= 11 is 0. The maximum atomic E-state index is 6.88. The van der Waals surface area contributed by atoms with Crippen molar-refractivity contribution in [3.05, 3.63) is 0 Å². The fourth-order valence-corrected chi connectivity index (χ4v) is 0. The summed E-state index contributed by atoms with van der Waals surface area (Å²) in [6.07, 6.45) is 0.750. The van der Waals surface area contributed by atoms with Crippen molar-refractivity contribution in [2.24, 2.45) is 0 Å². The van der Waals surface area contributed by atoms with Gasteiger partial charge in [0.1, 0.15) is 0 Å². The zero-order valence-corrected chi connectivity index (χ0v) is 3.18. The van der Waals surface area contributed by atoms with E-state index in [-0.39, 0.29) is 22.4 Å². The third kappa shape index (κ3) is 2350. The second kappa shape index (κ2) is 11.8. The first-order chi connectivity index (χ1) is 1.41. The fraction of sp³-hybridized carbons (Fsp3) is 0. The molecule has 0 aromatic rings. The van der Waals surface area contributed by atoms with E-state index in [1.807, 2.05) is 0 Å². The molecule has 0 aliphatic rings. The van der Waals surface area contributed by atoms with Gasteiger partial charge in [-0.25, -0.2) is 0 Å². The minimum atomic E-state index is 0. The average molecular weight is 151 g/mol. The Morgan fingerprint density at radius 3 is 1.75 bits per heavy atom. The number of rotatable bonds is 0. The first kappa shape index (κ1) is 8.98. The van der Waals surface area contributed by atoms with Crippen LogP contribution in [0.25, 0.3) is 0 Å². The van der Waals surface area contributed by atoms with Gasteiger partial charge in [0.05, 0.1) is 0 Å². The summed E-state index contributed by atoms with van der Waals surface area (Å²) in [7, 11) is 0. The first-order valence-corrected chi connectivity index (χ1v) is 0.447. The number of aliphatic hydroxyl groups is 1. The van der Waals surface area contributed by atoms with Gasteiger partial charge in [-0.05, 0) is 0 Å². The maximum Gasteiger partial charge on any atom is 0.283 e. The van der Waals surface area contributed by atoms with Gasteiger partial charge in [-0.3, -0.25) is 0 Å². The van der Waals surface area contributed by atoms with E-state index in [1.165, 1.54) is 0 Å². The van der Waals surface area contributed by atoms with E-state index in [2.05, 4.69) is 0 Å². The SMILES string of the molecule is N#CO.[Ag]. The molecular weight excluding hydrogens is 150 g/mol. The molecule has 0 heterocycles. The Balaban J connectivity index is 0. The monoisotopic (exact) mass is 150 g/mol. The van der Waals surface area contributed by atoms with E-state index in [0.717, 1.165) is 6.26 Å². The molecule has 27 valence electrons. The van der Waals surface area contributed by atoms with Gasteiger partial charge >= 0.3 is 0 Å². The molecule has 0 amide bonds. The number of hydrogen-bond donors (Lipinski definition) is 1. The normalized spacial score (nSPS) is 1.75. The summed E-state index contributed by atoms with van der Waals surface area (Å²) in [4.78, 5) is 0. The van der Waals surface area contributed by atoms with E-state index in [9.17, 15) is 0 Å². The van der Waals surface area contributed by atoms with Crippen molar-refractivity contribution in [2.45, 2.75) is 0 Å². The molecule has 0 bridgehead atoms. The number of aliphatic hydroxyl groups excluding tert-OH is 1. The van der Waals surface area contributed by atoms with Crippen molar-refractivity contribution in [1.82, 2.24) is 0 Å². The molecule has 0 saturated heterocycles. The van der Waals surface area contributed by atoms with Crippen molar-refractivity contribution >= 4 is 0 Å². The summed E-state index contributed by atoms with van der Waals surface area (Å²) in [5, 5.41) is 13.8. The zero-order valence-electron chi connectivity index (χ0n) is 1.70. The van der Waals surface area contributed by atoms with Gasteiger partial charge in [0, 0.05) is 22.4 Å². The number of nitriles is 1. The fourth-order valence-electron chi connectivity index (χ4n) is 0. The van der Waals surface area contributed by atoms with Crippen LogP contribution in [-0.4, -0.2) is 5.11 Å². The van der Waals surface area contributed by atoms with Crippen molar-refractivity contribution in [3.8, 4) is 6.26 Å². The third-order valence-corrected chi connectivity index (χ3v) is 0. The zero-order chi connectivity index (χ0) is 2.71. The van der Waals surface area contributed by atoms with Gasteiger partial charge in [-0.15, -0.1) is 0 Å². The van der Waals surface area contributed by atoms with Crippen molar-refractivity contribution in [3.63, 3.8) is 0 Å². The minimum Gasteiger partial charge on any atom is -0.443 e. The molecule has 0 fully saturated rings. The van der Waals surface area contributed by atoms with Crippen LogP contribution < -0.4 is 0 Å². The number of nitrogens with zero attached hydrogens (tertiary/aromatic N) is 1. The molecule has 0 atom stereocenters. The van der Waals surface area contributed by atoms with E-state index in [0.29, 0.717) is 0 Å². The van der Waals surface area contributed by atoms with Gasteiger partial charge in [0.2, 0.25) is 0 Å². The summed E-state index contributed by atoms with van der Waals surface area (Å²) < 4.78 is 0. The van der Waals surface area contributed by atoms with Crippen LogP contribution in [-0.2, 0) is 22.4 Å². The molecule has 1 radical (unpaired) electrons. The molecule has 0 aliphatic heterocycles. The Morgan fingerprint density at radius 1 is 1.75 bits per heavy atom. The van der Waals surface area contributed by atoms with Crippen LogP contribution in [0.1, 0.15) is 0 Å². The summed E-state index contributed by atoms with van der Waals surface area (Å²) in [6.45, 7) is 0. The molecule has 2 nitrogen and oxygen atoms in total. The standard InChI is InChI=1S/CHNO.Ag/c2-1-3;/h3H;. The van der Waals surface area contributed by atoms with Crippen LogP contribution >= 0.6 is 0 Å². The molecule has 0 saturated carbocycles. The molecule has 0 spiro atoms.